The molecule has 2 N–H and O–H groups in total. The Morgan fingerprint density at radius 1 is 0.935 bits per heavy atom. The Bertz CT molecular complexity index is 754. The van der Waals surface area contributed by atoms with E-state index in [9.17, 15) is 23.4 Å². The van der Waals surface area contributed by atoms with Gasteiger partial charge in [0.1, 0.15) is 6.10 Å². The summed E-state index contributed by atoms with van der Waals surface area (Å²) in [6.45, 7) is 8.54. The molecule has 0 aromatic carbocycles. The van der Waals surface area contributed by atoms with Gasteiger partial charge in [0.2, 0.25) is 0 Å². The molecular formula is C26H39F3O2. The minimum Gasteiger partial charge on any atom is -0.380 e. The van der Waals surface area contributed by atoms with E-state index in [2.05, 4.69) is 32.6 Å². The lowest BCUT2D eigenvalue weighted by atomic mass is 9.43. The SMILES string of the molecule is CC#C[C@@H](O)[C@@H](C)[C@H]1CC[C@H]2[C@@H]3CC[C@@H]4C[C@@](O)(C(F)(F)F)CC[C@]4(C)[C@H]3CC[C@]12C. The molecule has 31 heavy (non-hydrogen) atoms. The molecule has 4 aliphatic carbocycles. The molecule has 2 nitrogen and oxygen atoms in total. The predicted molar refractivity (Wildman–Crippen MR) is 115 cm³/mol. The fourth-order valence-corrected chi connectivity index (χ4v) is 8.91. The van der Waals surface area contributed by atoms with Crippen molar-refractivity contribution in [2.45, 2.75) is 103 Å². The number of fused-ring (bicyclic) bond motifs is 5. The summed E-state index contributed by atoms with van der Waals surface area (Å²) < 4.78 is 40.6. The molecule has 4 rings (SSSR count). The number of aliphatic hydroxyl groups excluding tert-OH is 1. The molecular weight excluding hydrogens is 401 g/mol. The van der Waals surface area contributed by atoms with Crippen LogP contribution in [0, 0.1) is 58.2 Å². The summed E-state index contributed by atoms with van der Waals surface area (Å²) in [6, 6.07) is 0. The summed E-state index contributed by atoms with van der Waals surface area (Å²) in [4.78, 5) is 0. The Hall–Kier alpha value is -0.730. The molecule has 0 aromatic rings. The van der Waals surface area contributed by atoms with E-state index in [1.54, 1.807) is 6.92 Å². The molecule has 4 aliphatic rings. The molecule has 10 atom stereocenters. The number of hydrogen-bond acceptors (Lipinski definition) is 2. The van der Waals surface area contributed by atoms with Crippen molar-refractivity contribution in [3.63, 3.8) is 0 Å². The van der Waals surface area contributed by atoms with Gasteiger partial charge in [0, 0.05) is 0 Å². The average molecular weight is 441 g/mol. The lowest BCUT2D eigenvalue weighted by molar-refractivity contribution is -0.290. The van der Waals surface area contributed by atoms with Crippen molar-refractivity contribution in [3.05, 3.63) is 0 Å². The maximum atomic E-state index is 13.5. The van der Waals surface area contributed by atoms with Crippen molar-refractivity contribution in [1.82, 2.24) is 0 Å². The molecule has 0 aliphatic heterocycles. The maximum Gasteiger partial charge on any atom is 0.417 e. The smallest absolute Gasteiger partial charge is 0.380 e. The van der Waals surface area contributed by atoms with Gasteiger partial charge in [-0.15, -0.1) is 5.92 Å². The predicted octanol–water partition coefficient (Wildman–Crippen LogP) is 5.96. The average Bonchev–Trinajstić information content (AvgIpc) is 3.04. The topological polar surface area (TPSA) is 40.5 Å². The van der Waals surface area contributed by atoms with E-state index in [1.165, 1.54) is 0 Å². The van der Waals surface area contributed by atoms with E-state index in [4.69, 9.17) is 0 Å². The Balaban J connectivity index is 1.55. The Morgan fingerprint density at radius 2 is 1.61 bits per heavy atom. The lowest BCUT2D eigenvalue weighted by Crippen LogP contribution is -2.59. The third kappa shape index (κ3) is 3.46. The van der Waals surface area contributed by atoms with Crippen molar-refractivity contribution in [2.24, 2.45) is 46.3 Å². The summed E-state index contributed by atoms with van der Waals surface area (Å²) in [5, 5.41) is 20.9. The first-order valence-electron chi connectivity index (χ1n) is 12.3. The third-order valence-corrected chi connectivity index (χ3v) is 10.8. The highest BCUT2D eigenvalue weighted by Crippen LogP contribution is 2.69. The summed E-state index contributed by atoms with van der Waals surface area (Å²) in [5.41, 5.74) is -2.42. The van der Waals surface area contributed by atoms with E-state index in [-0.39, 0.29) is 35.5 Å². The summed E-state index contributed by atoms with van der Waals surface area (Å²) in [5.74, 6) is 7.94. The monoisotopic (exact) mass is 440 g/mol. The summed E-state index contributed by atoms with van der Waals surface area (Å²) in [7, 11) is 0. The first-order chi connectivity index (χ1) is 14.4. The fourth-order valence-electron chi connectivity index (χ4n) is 8.91. The van der Waals surface area contributed by atoms with Crippen LogP contribution in [0.3, 0.4) is 0 Å². The van der Waals surface area contributed by atoms with Gasteiger partial charge in [-0.05, 0) is 111 Å². The minimum absolute atomic E-state index is 0.0451. The van der Waals surface area contributed by atoms with Crippen LogP contribution >= 0.6 is 0 Å². The second kappa shape index (κ2) is 7.66. The molecule has 0 aromatic heterocycles. The molecule has 0 radical (unpaired) electrons. The highest BCUT2D eigenvalue weighted by Gasteiger charge is 2.65. The van der Waals surface area contributed by atoms with Gasteiger partial charge >= 0.3 is 6.18 Å². The van der Waals surface area contributed by atoms with Crippen molar-refractivity contribution in [3.8, 4) is 11.8 Å². The third-order valence-electron chi connectivity index (χ3n) is 10.8. The van der Waals surface area contributed by atoms with Crippen LogP contribution in [0.1, 0.15) is 85.5 Å². The first-order valence-corrected chi connectivity index (χ1v) is 12.3. The minimum atomic E-state index is -4.53. The van der Waals surface area contributed by atoms with E-state index in [0.717, 1.165) is 38.5 Å². The van der Waals surface area contributed by atoms with Crippen LogP contribution in [0.5, 0.6) is 0 Å². The molecule has 0 spiro atoms. The number of rotatable bonds is 2. The van der Waals surface area contributed by atoms with E-state index in [0.29, 0.717) is 30.1 Å². The maximum absolute atomic E-state index is 13.5. The van der Waals surface area contributed by atoms with Crippen molar-refractivity contribution >= 4 is 0 Å². The molecule has 0 saturated heterocycles. The Kier molecular flexibility index (Phi) is 5.79. The normalized spacial score (nSPS) is 49.1. The molecule has 4 saturated carbocycles. The zero-order chi connectivity index (χ0) is 22.8. The molecule has 0 bridgehead atoms. The van der Waals surface area contributed by atoms with Gasteiger partial charge in [-0.1, -0.05) is 26.7 Å². The zero-order valence-electron chi connectivity index (χ0n) is 19.4. The molecule has 176 valence electrons. The second-order valence-electron chi connectivity index (χ2n) is 11.8. The summed E-state index contributed by atoms with van der Waals surface area (Å²) in [6.07, 6.45) is 1.28. The van der Waals surface area contributed by atoms with Crippen LogP contribution < -0.4 is 0 Å². The Morgan fingerprint density at radius 3 is 2.26 bits per heavy atom. The van der Waals surface area contributed by atoms with Gasteiger partial charge < -0.3 is 10.2 Å². The van der Waals surface area contributed by atoms with Gasteiger partial charge in [-0.2, -0.15) is 13.2 Å². The molecule has 0 unspecified atom stereocenters. The van der Waals surface area contributed by atoms with Crippen LogP contribution in [0.15, 0.2) is 0 Å². The molecule has 5 heteroatoms. The van der Waals surface area contributed by atoms with Gasteiger partial charge in [0.05, 0.1) is 0 Å². The van der Waals surface area contributed by atoms with Crippen LogP contribution in [0.2, 0.25) is 0 Å². The second-order valence-corrected chi connectivity index (χ2v) is 11.8. The highest BCUT2D eigenvalue weighted by atomic mass is 19.4. The van der Waals surface area contributed by atoms with E-state index >= 15 is 0 Å². The van der Waals surface area contributed by atoms with E-state index in [1.807, 2.05) is 0 Å². The highest BCUT2D eigenvalue weighted by molar-refractivity contribution is 5.13. The number of halogens is 3. The lowest BCUT2D eigenvalue weighted by Gasteiger charge is -2.62. The van der Waals surface area contributed by atoms with Gasteiger partial charge in [-0.25, -0.2) is 0 Å². The molecule has 4 fully saturated rings. The number of alkyl halides is 3. The molecule has 0 amide bonds. The fraction of sp³-hybridized carbons (Fsp3) is 0.923. The Labute approximate surface area is 185 Å². The number of aliphatic hydroxyl groups is 2. The van der Waals surface area contributed by atoms with Crippen LogP contribution in [-0.4, -0.2) is 28.1 Å². The van der Waals surface area contributed by atoms with Crippen LogP contribution in [-0.2, 0) is 0 Å². The summed E-state index contributed by atoms with van der Waals surface area (Å²) >= 11 is 0. The largest absolute Gasteiger partial charge is 0.417 e. The van der Waals surface area contributed by atoms with Gasteiger partial charge in [-0.3, -0.25) is 0 Å². The zero-order valence-corrected chi connectivity index (χ0v) is 19.4. The van der Waals surface area contributed by atoms with Crippen LogP contribution in [0.25, 0.3) is 0 Å². The quantitative estimate of drug-likeness (QED) is 0.520. The standard InChI is InChI=1S/C26H39F3O2/c1-5-6-22(30)16(2)19-9-10-20-18-8-7-17-15-25(31,26(27,28)29)14-13-23(17,3)21(18)11-12-24(19,20)4/h16-22,30-31H,7-15H2,1-4H3/t16-,17+,18-,19+,20-,21-,22+,23-,24+,25+/m0/s1. The van der Waals surface area contributed by atoms with Crippen molar-refractivity contribution < 1.29 is 23.4 Å². The van der Waals surface area contributed by atoms with E-state index < -0.39 is 17.9 Å². The van der Waals surface area contributed by atoms with Gasteiger partial charge in [0.25, 0.3) is 0 Å². The van der Waals surface area contributed by atoms with Gasteiger partial charge in [0.15, 0.2) is 5.60 Å². The first kappa shape index (κ1) is 23.4. The number of hydrogen-bond donors (Lipinski definition) is 2. The molecule has 0 heterocycles. The van der Waals surface area contributed by atoms with Crippen LogP contribution in [0.4, 0.5) is 13.2 Å². The van der Waals surface area contributed by atoms with Crippen molar-refractivity contribution in [1.29, 1.82) is 0 Å². The van der Waals surface area contributed by atoms with Crippen molar-refractivity contribution in [2.75, 3.05) is 0 Å².